The van der Waals surface area contributed by atoms with Gasteiger partial charge in [0.25, 0.3) is 0 Å². The van der Waals surface area contributed by atoms with Crippen LogP contribution in [0.2, 0.25) is 5.02 Å². The summed E-state index contributed by atoms with van der Waals surface area (Å²) in [5.74, 6) is 1.46. The number of hydrogen-bond acceptors (Lipinski definition) is 3. The highest BCUT2D eigenvalue weighted by Gasteiger charge is 2.23. The van der Waals surface area contributed by atoms with E-state index in [0.29, 0.717) is 22.7 Å². The van der Waals surface area contributed by atoms with Crippen LogP contribution in [0.15, 0.2) is 12.3 Å². The fourth-order valence-corrected chi connectivity index (χ4v) is 2.28. The third-order valence-electron chi connectivity index (χ3n) is 3.07. The molecule has 1 aromatic heterocycles. The number of aromatic nitrogens is 1. The van der Waals surface area contributed by atoms with E-state index < -0.39 is 0 Å². The molecule has 1 heterocycles. The van der Waals surface area contributed by atoms with E-state index >= 15 is 0 Å². The maximum absolute atomic E-state index is 5.84. The van der Waals surface area contributed by atoms with Crippen molar-refractivity contribution >= 4 is 23.1 Å². The molecule has 1 saturated carbocycles. The highest BCUT2D eigenvalue weighted by molar-refractivity contribution is 6.30. The normalized spacial score (nSPS) is 25.5. The van der Waals surface area contributed by atoms with E-state index in [9.17, 15) is 0 Å². The second kappa shape index (κ2) is 4.27. The lowest BCUT2D eigenvalue weighted by molar-refractivity contribution is 0.555. The molecule has 1 aliphatic rings. The van der Waals surface area contributed by atoms with Gasteiger partial charge in [0.05, 0.1) is 10.7 Å². The molecule has 0 radical (unpaired) electrons. The van der Waals surface area contributed by atoms with Crippen molar-refractivity contribution in [2.45, 2.75) is 32.2 Å². The molecule has 0 amide bonds. The number of nitrogens with zero attached hydrogens (tertiary/aromatic N) is 1. The molecule has 0 bridgehead atoms. The summed E-state index contributed by atoms with van der Waals surface area (Å²) in [5.41, 5.74) is 6.46. The van der Waals surface area contributed by atoms with Crippen LogP contribution in [0.3, 0.4) is 0 Å². The van der Waals surface area contributed by atoms with Crippen LogP contribution in [0, 0.1) is 5.92 Å². The molecule has 1 aliphatic carbocycles. The van der Waals surface area contributed by atoms with E-state index in [1.807, 2.05) is 0 Å². The summed E-state index contributed by atoms with van der Waals surface area (Å²) in [6.45, 7) is 2.26. The molecule has 0 spiro atoms. The number of hydrogen-bond donors (Lipinski definition) is 2. The number of halogens is 1. The van der Waals surface area contributed by atoms with Gasteiger partial charge in [-0.25, -0.2) is 4.98 Å². The number of nitrogens with one attached hydrogen (secondary N) is 1. The Morgan fingerprint density at radius 3 is 2.93 bits per heavy atom. The Balaban J connectivity index is 2.10. The van der Waals surface area contributed by atoms with Crippen LogP contribution in [0.5, 0.6) is 0 Å². The lowest BCUT2D eigenvalue weighted by Crippen LogP contribution is -2.23. The molecule has 82 valence electrons. The summed E-state index contributed by atoms with van der Waals surface area (Å²) in [6, 6.07) is 2.23. The molecule has 4 heteroatoms. The Labute approximate surface area is 95.0 Å². The van der Waals surface area contributed by atoms with E-state index in [1.165, 1.54) is 19.3 Å². The van der Waals surface area contributed by atoms with Gasteiger partial charge in [-0.1, -0.05) is 24.9 Å². The lowest BCUT2D eigenvalue weighted by Gasteiger charge is -2.18. The van der Waals surface area contributed by atoms with Crippen molar-refractivity contribution in [3.63, 3.8) is 0 Å². The van der Waals surface area contributed by atoms with Gasteiger partial charge in [-0.15, -0.1) is 0 Å². The van der Waals surface area contributed by atoms with E-state index in [4.69, 9.17) is 17.3 Å². The molecule has 2 unspecified atom stereocenters. The van der Waals surface area contributed by atoms with E-state index in [2.05, 4.69) is 17.2 Å². The Hall–Kier alpha value is -0.960. The Morgan fingerprint density at radius 1 is 1.53 bits per heavy atom. The second-order valence-electron chi connectivity index (χ2n) is 4.25. The van der Waals surface area contributed by atoms with Crippen LogP contribution < -0.4 is 11.1 Å². The highest BCUT2D eigenvalue weighted by atomic mass is 35.5. The first-order chi connectivity index (χ1) is 7.16. The van der Waals surface area contributed by atoms with Gasteiger partial charge in [-0.05, 0) is 24.8 Å². The van der Waals surface area contributed by atoms with Gasteiger partial charge in [0.2, 0.25) is 0 Å². The minimum Gasteiger partial charge on any atom is -0.396 e. The molecule has 1 fully saturated rings. The Bertz CT molecular complexity index is 354. The first-order valence-electron chi connectivity index (χ1n) is 5.34. The van der Waals surface area contributed by atoms with Crippen molar-refractivity contribution in [3.05, 3.63) is 17.3 Å². The van der Waals surface area contributed by atoms with Crippen LogP contribution in [-0.2, 0) is 0 Å². The quantitative estimate of drug-likeness (QED) is 0.814. The molecule has 3 N–H and O–H groups in total. The fraction of sp³-hybridized carbons (Fsp3) is 0.545. The third kappa shape index (κ3) is 2.34. The number of pyridine rings is 1. The summed E-state index contributed by atoms with van der Waals surface area (Å²) < 4.78 is 0. The minimum absolute atomic E-state index is 0.501. The maximum Gasteiger partial charge on any atom is 0.149 e. The summed E-state index contributed by atoms with van der Waals surface area (Å²) in [4.78, 5) is 4.21. The van der Waals surface area contributed by atoms with E-state index in [-0.39, 0.29) is 0 Å². The largest absolute Gasteiger partial charge is 0.396 e. The SMILES string of the molecule is CC1CCCC1Nc1ncc(Cl)cc1N. The van der Waals surface area contributed by atoms with Gasteiger partial charge < -0.3 is 11.1 Å². The molecular weight excluding hydrogens is 210 g/mol. The van der Waals surface area contributed by atoms with Crippen molar-refractivity contribution in [1.29, 1.82) is 0 Å². The molecule has 3 nitrogen and oxygen atoms in total. The predicted molar refractivity (Wildman–Crippen MR) is 64.1 cm³/mol. The van der Waals surface area contributed by atoms with Crippen molar-refractivity contribution in [2.24, 2.45) is 5.92 Å². The molecule has 2 atom stereocenters. The van der Waals surface area contributed by atoms with Crippen LogP contribution in [0.25, 0.3) is 0 Å². The number of nitrogens with two attached hydrogens (primary N) is 1. The summed E-state index contributed by atoms with van der Waals surface area (Å²) in [7, 11) is 0. The van der Waals surface area contributed by atoms with Crippen molar-refractivity contribution < 1.29 is 0 Å². The topological polar surface area (TPSA) is 50.9 Å². The molecule has 0 aromatic carbocycles. The number of anilines is 2. The fourth-order valence-electron chi connectivity index (χ4n) is 2.11. The first-order valence-corrected chi connectivity index (χ1v) is 5.72. The highest BCUT2D eigenvalue weighted by Crippen LogP contribution is 2.29. The van der Waals surface area contributed by atoms with Crippen LogP contribution >= 0.6 is 11.6 Å². The molecule has 0 aliphatic heterocycles. The standard InChI is InChI=1S/C11H16ClN3/c1-7-3-2-4-10(7)15-11-9(13)5-8(12)6-14-11/h5-7,10H,2-4,13H2,1H3,(H,14,15). The zero-order chi connectivity index (χ0) is 10.8. The second-order valence-corrected chi connectivity index (χ2v) is 4.69. The van der Waals surface area contributed by atoms with Gasteiger partial charge in [-0.3, -0.25) is 0 Å². The smallest absolute Gasteiger partial charge is 0.149 e. The van der Waals surface area contributed by atoms with Gasteiger partial charge >= 0.3 is 0 Å². The molecular formula is C11H16ClN3. The first kappa shape index (κ1) is 10.6. The molecule has 0 saturated heterocycles. The van der Waals surface area contributed by atoms with Gasteiger partial charge in [0.1, 0.15) is 5.82 Å². The zero-order valence-electron chi connectivity index (χ0n) is 8.83. The molecule has 15 heavy (non-hydrogen) atoms. The summed E-state index contributed by atoms with van der Waals surface area (Å²) in [6.07, 6.45) is 5.39. The van der Waals surface area contributed by atoms with Crippen LogP contribution in [0.1, 0.15) is 26.2 Å². The third-order valence-corrected chi connectivity index (χ3v) is 3.27. The monoisotopic (exact) mass is 225 g/mol. The summed E-state index contributed by atoms with van der Waals surface area (Å²) >= 11 is 5.79. The van der Waals surface area contributed by atoms with Crippen LogP contribution in [0.4, 0.5) is 11.5 Å². The average Bonchev–Trinajstić information content (AvgIpc) is 2.57. The van der Waals surface area contributed by atoms with E-state index in [1.54, 1.807) is 12.3 Å². The van der Waals surface area contributed by atoms with Crippen molar-refractivity contribution in [3.8, 4) is 0 Å². The number of nitrogen functional groups attached to an aromatic ring is 1. The predicted octanol–water partition coefficient (Wildman–Crippen LogP) is 2.92. The van der Waals surface area contributed by atoms with Gasteiger partial charge in [-0.2, -0.15) is 0 Å². The lowest BCUT2D eigenvalue weighted by atomic mass is 10.1. The van der Waals surface area contributed by atoms with E-state index in [0.717, 1.165) is 5.82 Å². The van der Waals surface area contributed by atoms with Crippen LogP contribution in [-0.4, -0.2) is 11.0 Å². The average molecular weight is 226 g/mol. The summed E-state index contributed by atoms with van der Waals surface area (Å²) in [5, 5.41) is 3.97. The van der Waals surface area contributed by atoms with Gasteiger partial charge in [0.15, 0.2) is 0 Å². The maximum atomic E-state index is 5.84. The number of rotatable bonds is 2. The Kier molecular flexibility index (Phi) is 3.00. The van der Waals surface area contributed by atoms with Crippen molar-refractivity contribution in [1.82, 2.24) is 4.98 Å². The molecule has 2 rings (SSSR count). The molecule has 1 aromatic rings. The Morgan fingerprint density at radius 2 is 2.33 bits per heavy atom. The zero-order valence-corrected chi connectivity index (χ0v) is 9.59. The van der Waals surface area contributed by atoms with Gasteiger partial charge in [0, 0.05) is 12.2 Å². The minimum atomic E-state index is 0.501. The van der Waals surface area contributed by atoms with Crippen molar-refractivity contribution in [2.75, 3.05) is 11.1 Å².